The van der Waals surface area contributed by atoms with Crippen molar-refractivity contribution in [2.24, 2.45) is 4.36 Å². The van der Waals surface area contributed by atoms with E-state index in [1.807, 2.05) is 0 Å². The predicted octanol–water partition coefficient (Wildman–Crippen LogP) is 5.60. The van der Waals surface area contributed by atoms with Crippen LogP contribution in [-0.2, 0) is 21.7 Å². The summed E-state index contributed by atoms with van der Waals surface area (Å²) < 4.78 is 73.6. The van der Waals surface area contributed by atoms with Crippen molar-refractivity contribution in [2.45, 2.75) is 31.0 Å². The molecule has 0 bridgehead atoms. The quantitative estimate of drug-likeness (QED) is 0.497. The van der Waals surface area contributed by atoms with Gasteiger partial charge in [-0.05, 0) is 30.3 Å². The molecule has 10 heteroatoms. The third kappa shape index (κ3) is 4.81. The molecule has 2 aromatic carbocycles. The standard InChI is InChI=1S/C19H17F4N3O2S/c1-12(2)29(27,11-14-5-3-4-6-16(14)20)26-15-9-7-13(8-10-15)17-24-18(28-25-17)19(21,22)23/h3-10,12H,11H2,1-2H3. The zero-order valence-corrected chi connectivity index (χ0v) is 16.3. The second-order valence-corrected chi connectivity index (χ2v) is 9.33. The number of halogens is 4. The van der Waals surface area contributed by atoms with Gasteiger partial charge in [-0.3, -0.25) is 0 Å². The molecule has 1 atom stereocenters. The summed E-state index contributed by atoms with van der Waals surface area (Å²) in [7, 11) is -2.84. The lowest BCUT2D eigenvalue weighted by molar-refractivity contribution is -0.159. The van der Waals surface area contributed by atoms with Gasteiger partial charge in [-0.15, -0.1) is 0 Å². The van der Waals surface area contributed by atoms with Crippen LogP contribution in [0.5, 0.6) is 0 Å². The molecule has 5 nitrogen and oxygen atoms in total. The van der Waals surface area contributed by atoms with Crippen LogP contribution in [0.1, 0.15) is 25.3 Å². The Kier molecular flexibility index (Phi) is 5.74. The van der Waals surface area contributed by atoms with E-state index in [1.165, 1.54) is 30.3 Å². The maximum atomic E-state index is 14.0. The fourth-order valence-corrected chi connectivity index (χ4v) is 4.22. The largest absolute Gasteiger partial charge is 0.471 e. The number of alkyl halides is 3. The highest BCUT2D eigenvalue weighted by Crippen LogP contribution is 2.30. The van der Waals surface area contributed by atoms with Crippen molar-refractivity contribution in [3.63, 3.8) is 0 Å². The molecule has 154 valence electrons. The molecule has 3 aromatic rings. The molecule has 1 aromatic heterocycles. The van der Waals surface area contributed by atoms with Crippen molar-refractivity contribution in [3.8, 4) is 11.4 Å². The summed E-state index contributed by atoms with van der Waals surface area (Å²) in [5.41, 5.74) is 0.940. The van der Waals surface area contributed by atoms with E-state index in [9.17, 15) is 21.8 Å². The van der Waals surface area contributed by atoms with E-state index < -0.39 is 27.6 Å². The van der Waals surface area contributed by atoms with Gasteiger partial charge in [0.25, 0.3) is 0 Å². The van der Waals surface area contributed by atoms with E-state index in [0.717, 1.165) is 0 Å². The topological polar surface area (TPSA) is 68.3 Å². The maximum absolute atomic E-state index is 14.0. The molecule has 1 unspecified atom stereocenters. The minimum Gasteiger partial charge on any atom is -0.329 e. The Labute approximate surface area is 164 Å². The molecule has 0 spiro atoms. The average Bonchev–Trinajstić information content (AvgIpc) is 3.15. The first-order valence-corrected chi connectivity index (χ1v) is 10.3. The first-order valence-electron chi connectivity index (χ1n) is 8.57. The van der Waals surface area contributed by atoms with Crippen LogP contribution in [0.4, 0.5) is 23.2 Å². The van der Waals surface area contributed by atoms with E-state index in [0.29, 0.717) is 11.3 Å². The predicted molar refractivity (Wildman–Crippen MR) is 100 cm³/mol. The molecule has 0 radical (unpaired) electrons. The summed E-state index contributed by atoms with van der Waals surface area (Å²) in [6, 6.07) is 11.9. The van der Waals surface area contributed by atoms with E-state index >= 15 is 0 Å². The third-order valence-corrected chi connectivity index (χ3v) is 6.83. The Bertz CT molecular complexity index is 1110. The summed E-state index contributed by atoms with van der Waals surface area (Å²) in [5.74, 6) is -2.17. The van der Waals surface area contributed by atoms with E-state index in [1.54, 1.807) is 32.0 Å². The number of hydrogen-bond donors (Lipinski definition) is 0. The van der Waals surface area contributed by atoms with Crippen LogP contribution in [-0.4, -0.2) is 19.6 Å². The Hall–Kier alpha value is -2.75. The summed E-state index contributed by atoms with van der Waals surface area (Å²) in [6.07, 6.45) is -4.73. The smallest absolute Gasteiger partial charge is 0.329 e. The number of hydrogen-bond acceptors (Lipinski definition) is 5. The highest BCUT2D eigenvalue weighted by Gasteiger charge is 2.38. The van der Waals surface area contributed by atoms with Gasteiger partial charge in [0.2, 0.25) is 5.82 Å². The monoisotopic (exact) mass is 427 g/mol. The Balaban J connectivity index is 1.91. The van der Waals surface area contributed by atoms with Crippen molar-refractivity contribution >= 4 is 15.4 Å². The lowest BCUT2D eigenvalue weighted by Gasteiger charge is -2.14. The van der Waals surface area contributed by atoms with Gasteiger partial charge in [0.05, 0.1) is 21.2 Å². The second-order valence-electron chi connectivity index (χ2n) is 6.53. The molecule has 0 aliphatic carbocycles. The average molecular weight is 427 g/mol. The molecule has 0 saturated heterocycles. The van der Waals surface area contributed by atoms with Gasteiger partial charge in [-0.1, -0.05) is 37.2 Å². The number of nitrogens with zero attached hydrogens (tertiary/aromatic N) is 3. The molecule has 29 heavy (non-hydrogen) atoms. The van der Waals surface area contributed by atoms with Crippen molar-refractivity contribution in [3.05, 3.63) is 65.8 Å². The normalized spacial score (nSPS) is 14.0. The molecular weight excluding hydrogens is 410 g/mol. The second kappa shape index (κ2) is 7.94. The van der Waals surface area contributed by atoms with Crippen LogP contribution in [0.25, 0.3) is 11.4 Å². The fraction of sp³-hybridized carbons (Fsp3) is 0.263. The molecule has 1 heterocycles. The Morgan fingerprint density at radius 3 is 2.31 bits per heavy atom. The van der Waals surface area contributed by atoms with Crippen molar-refractivity contribution in [2.75, 3.05) is 0 Å². The van der Waals surface area contributed by atoms with E-state index in [-0.39, 0.29) is 22.4 Å². The summed E-state index contributed by atoms with van der Waals surface area (Å²) in [5, 5.41) is 2.96. The number of aromatic nitrogens is 2. The zero-order chi connectivity index (χ0) is 21.2. The first kappa shape index (κ1) is 21.0. The third-order valence-electron chi connectivity index (χ3n) is 4.11. The highest BCUT2D eigenvalue weighted by molar-refractivity contribution is 7.93. The molecular formula is C19H17F4N3O2S. The van der Waals surface area contributed by atoms with Crippen LogP contribution in [0, 0.1) is 5.82 Å². The lowest BCUT2D eigenvalue weighted by Crippen LogP contribution is -2.16. The number of benzene rings is 2. The molecule has 0 aliphatic heterocycles. The molecule has 0 fully saturated rings. The minimum absolute atomic E-state index is 0.0567. The van der Waals surface area contributed by atoms with Crippen molar-refractivity contribution in [1.82, 2.24) is 10.1 Å². The molecule has 0 N–H and O–H groups in total. The zero-order valence-electron chi connectivity index (χ0n) is 15.5. The fourth-order valence-electron chi connectivity index (χ4n) is 2.45. The summed E-state index contributed by atoms with van der Waals surface area (Å²) >= 11 is 0. The van der Waals surface area contributed by atoms with Gasteiger partial charge in [0.15, 0.2) is 0 Å². The van der Waals surface area contributed by atoms with Gasteiger partial charge in [-0.25, -0.2) is 8.60 Å². The van der Waals surface area contributed by atoms with Crippen LogP contribution >= 0.6 is 0 Å². The highest BCUT2D eigenvalue weighted by atomic mass is 32.2. The van der Waals surface area contributed by atoms with Crippen LogP contribution in [0.3, 0.4) is 0 Å². The first-order chi connectivity index (χ1) is 13.6. The molecule has 0 saturated carbocycles. The molecule has 0 amide bonds. The van der Waals surface area contributed by atoms with Crippen LogP contribution in [0.2, 0.25) is 0 Å². The molecule has 3 rings (SSSR count). The van der Waals surface area contributed by atoms with Gasteiger partial charge >= 0.3 is 12.1 Å². The Morgan fingerprint density at radius 1 is 1.10 bits per heavy atom. The van der Waals surface area contributed by atoms with Gasteiger partial charge < -0.3 is 4.52 Å². The van der Waals surface area contributed by atoms with Crippen molar-refractivity contribution < 1.29 is 26.3 Å². The summed E-state index contributed by atoms with van der Waals surface area (Å²) in [4.78, 5) is 3.32. The van der Waals surface area contributed by atoms with Gasteiger partial charge in [0.1, 0.15) is 5.82 Å². The van der Waals surface area contributed by atoms with E-state index in [4.69, 9.17) is 0 Å². The van der Waals surface area contributed by atoms with Crippen LogP contribution < -0.4 is 0 Å². The number of rotatable bonds is 5. The van der Waals surface area contributed by atoms with Gasteiger partial charge in [-0.2, -0.15) is 22.5 Å². The van der Waals surface area contributed by atoms with Gasteiger partial charge in [0, 0.05) is 16.4 Å². The lowest BCUT2D eigenvalue weighted by atomic mass is 10.2. The SMILES string of the molecule is CC(C)S(=O)(Cc1ccccc1F)=Nc1ccc(-c2noc(C(F)(F)F)n2)cc1. The molecule has 0 aliphatic rings. The maximum Gasteiger partial charge on any atom is 0.471 e. The summed E-state index contributed by atoms with van der Waals surface area (Å²) in [6.45, 7) is 3.47. The van der Waals surface area contributed by atoms with Crippen molar-refractivity contribution in [1.29, 1.82) is 0 Å². The Morgan fingerprint density at radius 2 is 1.76 bits per heavy atom. The van der Waals surface area contributed by atoms with E-state index in [2.05, 4.69) is 19.0 Å². The minimum atomic E-state index is -4.73. The van der Waals surface area contributed by atoms with Crippen LogP contribution in [0.15, 0.2) is 57.4 Å².